The first-order valence-electron chi connectivity index (χ1n) is 6.11. The van der Waals surface area contributed by atoms with E-state index in [0.717, 1.165) is 0 Å². The standard InChI is InChI=1S/C16H8F3NO/c17-12-7-9(8-13(18)15(12)19)16(21)11-3-1-5-14-10(11)4-2-6-20-14/h1-8H. The molecule has 2 aromatic carbocycles. The fraction of sp³-hybridized carbons (Fsp3) is 0. The zero-order valence-corrected chi connectivity index (χ0v) is 10.6. The molecule has 0 aliphatic rings. The monoisotopic (exact) mass is 287 g/mol. The van der Waals surface area contributed by atoms with Gasteiger partial charge in [-0.25, -0.2) is 13.2 Å². The van der Waals surface area contributed by atoms with Crippen molar-refractivity contribution < 1.29 is 18.0 Å². The molecule has 1 aromatic heterocycles. The van der Waals surface area contributed by atoms with Gasteiger partial charge in [0.05, 0.1) is 5.52 Å². The number of hydrogen-bond donors (Lipinski definition) is 0. The molecular formula is C16H8F3NO. The average Bonchev–Trinajstić information content (AvgIpc) is 2.51. The third kappa shape index (κ3) is 2.27. The van der Waals surface area contributed by atoms with E-state index in [-0.39, 0.29) is 11.1 Å². The molecule has 0 aliphatic heterocycles. The van der Waals surface area contributed by atoms with Gasteiger partial charge in [-0.15, -0.1) is 0 Å². The van der Waals surface area contributed by atoms with Gasteiger partial charge in [-0.3, -0.25) is 9.78 Å². The predicted molar refractivity (Wildman–Crippen MR) is 71.5 cm³/mol. The van der Waals surface area contributed by atoms with Crippen molar-refractivity contribution in [2.45, 2.75) is 0 Å². The lowest BCUT2D eigenvalue weighted by Crippen LogP contribution is -2.05. The zero-order chi connectivity index (χ0) is 15.0. The van der Waals surface area contributed by atoms with Gasteiger partial charge < -0.3 is 0 Å². The molecule has 21 heavy (non-hydrogen) atoms. The Morgan fingerprint density at radius 3 is 2.38 bits per heavy atom. The van der Waals surface area contributed by atoms with Crippen molar-refractivity contribution in [3.8, 4) is 0 Å². The molecule has 104 valence electrons. The molecule has 5 heteroatoms. The van der Waals surface area contributed by atoms with Gasteiger partial charge in [0.1, 0.15) is 0 Å². The average molecular weight is 287 g/mol. The highest BCUT2D eigenvalue weighted by atomic mass is 19.2. The van der Waals surface area contributed by atoms with Gasteiger partial charge in [0, 0.05) is 22.7 Å². The van der Waals surface area contributed by atoms with E-state index in [9.17, 15) is 18.0 Å². The highest BCUT2D eigenvalue weighted by molar-refractivity contribution is 6.15. The normalized spacial score (nSPS) is 10.8. The Morgan fingerprint density at radius 1 is 0.952 bits per heavy atom. The van der Waals surface area contributed by atoms with Crippen molar-refractivity contribution in [3.63, 3.8) is 0 Å². The lowest BCUT2D eigenvalue weighted by Gasteiger charge is -2.06. The molecule has 0 spiro atoms. The van der Waals surface area contributed by atoms with Crippen LogP contribution in [0.3, 0.4) is 0 Å². The van der Waals surface area contributed by atoms with Crippen molar-refractivity contribution >= 4 is 16.7 Å². The van der Waals surface area contributed by atoms with E-state index < -0.39 is 23.2 Å². The van der Waals surface area contributed by atoms with Crippen LogP contribution < -0.4 is 0 Å². The van der Waals surface area contributed by atoms with Crippen LogP contribution in [0, 0.1) is 17.5 Å². The first kappa shape index (κ1) is 13.3. The quantitative estimate of drug-likeness (QED) is 0.529. The van der Waals surface area contributed by atoms with Crippen molar-refractivity contribution in [2.24, 2.45) is 0 Å². The summed E-state index contributed by atoms with van der Waals surface area (Å²) in [5.41, 5.74) is 0.597. The number of carbonyl (C=O) groups is 1. The molecule has 0 atom stereocenters. The second-order valence-electron chi connectivity index (χ2n) is 4.46. The van der Waals surface area contributed by atoms with E-state index in [1.165, 1.54) is 6.07 Å². The van der Waals surface area contributed by atoms with E-state index in [4.69, 9.17) is 0 Å². The molecule has 1 heterocycles. The molecule has 0 saturated carbocycles. The second kappa shape index (κ2) is 5.01. The lowest BCUT2D eigenvalue weighted by molar-refractivity contribution is 0.103. The van der Waals surface area contributed by atoms with Crippen molar-refractivity contribution in [2.75, 3.05) is 0 Å². The fourth-order valence-electron chi connectivity index (χ4n) is 2.14. The Balaban J connectivity index is 2.17. The van der Waals surface area contributed by atoms with Crippen LogP contribution in [0.15, 0.2) is 48.7 Å². The highest BCUT2D eigenvalue weighted by Gasteiger charge is 2.18. The fourth-order valence-corrected chi connectivity index (χ4v) is 2.14. The summed E-state index contributed by atoms with van der Waals surface area (Å²) in [6, 6.07) is 9.60. The van der Waals surface area contributed by atoms with E-state index in [1.807, 2.05) is 0 Å². The molecule has 0 radical (unpaired) electrons. The number of fused-ring (bicyclic) bond motifs is 1. The maximum atomic E-state index is 13.3. The van der Waals surface area contributed by atoms with Crippen LogP contribution in [0.25, 0.3) is 10.9 Å². The SMILES string of the molecule is O=C(c1cc(F)c(F)c(F)c1)c1cccc2ncccc12. The van der Waals surface area contributed by atoms with Crippen molar-refractivity contribution in [1.29, 1.82) is 0 Å². The van der Waals surface area contributed by atoms with Gasteiger partial charge in [0.15, 0.2) is 23.2 Å². The number of carbonyl (C=O) groups excluding carboxylic acids is 1. The van der Waals surface area contributed by atoms with Crippen LogP contribution in [0.1, 0.15) is 15.9 Å². The largest absolute Gasteiger partial charge is 0.289 e. The number of halogens is 3. The highest BCUT2D eigenvalue weighted by Crippen LogP contribution is 2.22. The number of aromatic nitrogens is 1. The van der Waals surface area contributed by atoms with Crippen molar-refractivity contribution in [3.05, 3.63) is 77.2 Å². The van der Waals surface area contributed by atoms with Crippen molar-refractivity contribution in [1.82, 2.24) is 4.98 Å². The third-order valence-corrected chi connectivity index (χ3v) is 3.14. The van der Waals surface area contributed by atoms with Gasteiger partial charge in [-0.05, 0) is 24.3 Å². The molecular weight excluding hydrogens is 279 g/mol. The van der Waals surface area contributed by atoms with Crippen LogP contribution >= 0.6 is 0 Å². The van der Waals surface area contributed by atoms with Crippen LogP contribution in [0.2, 0.25) is 0 Å². The summed E-state index contributed by atoms with van der Waals surface area (Å²) in [5, 5.41) is 0.565. The molecule has 0 aliphatic carbocycles. The van der Waals surface area contributed by atoms with Gasteiger partial charge >= 0.3 is 0 Å². The maximum Gasteiger partial charge on any atom is 0.194 e. The molecule has 0 saturated heterocycles. The summed E-state index contributed by atoms with van der Waals surface area (Å²) in [6.45, 7) is 0. The zero-order valence-electron chi connectivity index (χ0n) is 10.6. The molecule has 3 aromatic rings. The van der Waals surface area contributed by atoms with Crippen LogP contribution in [0.5, 0.6) is 0 Å². The minimum absolute atomic E-state index is 0.247. The van der Waals surface area contributed by atoms with Crippen LogP contribution in [-0.2, 0) is 0 Å². The number of benzene rings is 2. The Labute approximate surface area is 117 Å². The summed E-state index contributed by atoms with van der Waals surface area (Å²) >= 11 is 0. The number of hydrogen-bond acceptors (Lipinski definition) is 2. The first-order valence-corrected chi connectivity index (χ1v) is 6.11. The minimum Gasteiger partial charge on any atom is -0.289 e. The molecule has 0 bridgehead atoms. The molecule has 0 unspecified atom stereocenters. The van der Waals surface area contributed by atoms with E-state index >= 15 is 0 Å². The molecule has 0 amide bonds. The van der Waals surface area contributed by atoms with E-state index in [0.29, 0.717) is 23.0 Å². The molecule has 0 fully saturated rings. The number of rotatable bonds is 2. The molecule has 0 N–H and O–H groups in total. The lowest BCUT2D eigenvalue weighted by atomic mass is 9.99. The number of nitrogens with zero attached hydrogens (tertiary/aromatic N) is 1. The summed E-state index contributed by atoms with van der Waals surface area (Å²) < 4.78 is 39.5. The Morgan fingerprint density at radius 2 is 1.67 bits per heavy atom. The molecule has 3 rings (SSSR count). The number of ketones is 1. The summed E-state index contributed by atoms with van der Waals surface area (Å²) in [4.78, 5) is 16.5. The Bertz CT molecular complexity index is 833. The second-order valence-corrected chi connectivity index (χ2v) is 4.46. The third-order valence-electron chi connectivity index (χ3n) is 3.14. The van der Waals surface area contributed by atoms with Crippen LogP contribution in [-0.4, -0.2) is 10.8 Å². The first-order chi connectivity index (χ1) is 10.1. The number of pyridine rings is 1. The smallest absolute Gasteiger partial charge is 0.194 e. The topological polar surface area (TPSA) is 30.0 Å². The summed E-state index contributed by atoms with van der Waals surface area (Å²) in [5.74, 6) is -4.97. The van der Waals surface area contributed by atoms with Crippen LogP contribution in [0.4, 0.5) is 13.2 Å². The maximum absolute atomic E-state index is 13.3. The Kier molecular flexibility index (Phi) is 3.17. The van der Waals surface area contributed by atoms with E-state index in [2.05, 4.69) is 4.98 Å². The summed E-state index contributed by atoms with van der Waals surface area (Å²) in [7, 11) is 0. The van der Waals surface area contributed by atoms with Gasteiger partial charge in [-0.1, -0.05) is 18.2 Å². The van der Waals surface area contributed by atoms with Gasteiger partial charge in [-0.2, -0.15) is 0 Å². The minimum atomic E-state index is -1.59. The predicted octanol–water partition coefficient (Wildman–Crippen LogP) is 3.88. The summed E-state index contributed by atoms with van der Waals surface area (Å²) in [6.07, 6.45) is 1.58. The van der Waals surface area contributed by atoms with Gasteiger partial charge in [0.25, 0.3) is 0 Å². The van der Waals surface area contributed by atoms with E-state index in [1.54, 1.807) is 30.5 Å². The van der Waals surface area contributed by atoms with Gasteiger partial charge in [0.2, 0.25) is 0 Å². The molecule has 2 nitrogen and oxygen atoms in total. The Hall–Kier alpha value is -2.69.